The molecule has 0 fully saturated rings. The molecule has 2 aromatic carbocycles. The molecular formula is C18H23NO2. The van der Waals surface area contributed by atoms with Crippen LogP contribution < -0.4 is 10.1 Å². The lowest BCUT2D eigenvalue weighted by atomic mass is 10.1. The van der Waals surface area contributed by atoms with Crippen molar-refractivity contribution in [2.45, 2.75) is 26.0 Å². The Balaban J connectivity index is 1.95. The quantitative estimate of drug-likeness (QED) is 0.818. The van der Waals surface area contributed by atoms with Gasteiger partial charge in [0.1, 0.15) is 18.5 Å². The van der Waals surface area contributed by atoms with Crippen molar-refractivity contribution in [1.29, 1.82) is 0 Å². The Bertz CT molecular complexity index is 542. The SMILES string of the molecule is CCNC(C)c1cccc(OCC(O)c2ccccc2)c1. The van der Waals surface area contributed by atoms with E-state index in [1.807, 2.05) is 48.5 Å². The van der Waals surface area contributed by atoms with Gasteiger partial charge in [0, 0.05) is 6.04 Å². The predicted octanol–water partition coefficient (Wildman–Crippen LogP) is 3.47. The van der Waals surface area contributed by atoms with Crippen LogP contribution in [-0.4, -0.2) is 18.3 Å². The zero-order chi connectivity index (χ0) is 15.1. The molecule has 0 aromatic heterocycles. The van der Waals surface area contributed by atoms with Crippen molar-refractivity contribution >= 4 is 0 Å². The normalized spacial score (nSPS) is 13.7. The Hall–Kier alpha value is -1.84. The molecule has 0 heterocycles. The van der Waals surface area contributed by atoms with Crippen molar-refractivity contribution in [3.05, 3.63) is 65.7 Å². The van der Waals surface area contributed by atoms with Crippen LogP contribution in [-0.2, 0) is 0 Å². The summed E-state index contributed by atoms with van der Waals surface area (Å²) in [6, 6.07) is 17.8. The van der Waals surface area contributed by atoms with Crippen molar-refractivity contribution in [3.63, 3.8) is 0 Å². The molecule has 112 valence electrons. The molecular weight excluding hydrogens is 262 g/mol. The van der Waals surface area contributed by atoms with Crippen molar-refractivity contribution in [2.75, 3.05) is 13.2 Å². The van der Waals surface area contributed by atoms with Gasteiger partial charge in [-0.05, 0) is 36.7 Å². The first-order valence-corrected chi connectivity index (χ1v) is 7.40. The number of hydrogen-bond donors (Lipinski definition) is 2. The van der Waals surface area contributed by atoms with Crippen LogP contribution in [0.4, 0.5) is 0 Å². The first kappa shape index (κ1) is 15.5. The van der Waals surface area contributed by atoms with Crippen LogP contribution in [0.25, 0.3) is 0 Å². The van der Waals surface area contributed by atoms with E-state index in [0.717, 1.165) is 17.9 Å². The van der Waals surface area contributed by atoms with Crippen molar-refractivity contribution in [3.8, 4) is 5.75 Å². The molecule has 0 radical (unpaired) electrons. The van der Waals surface area contributed by atoms with Gasteiger partial charge in [0.05, 0.1) is 0 Å². The standard InChI is InChI=1S/C18H23NO2/c1-3-19-14(2)16-10-7-11-17(12-16)21-13-18(20)15-8-5-4-6-9-15/h4-12,14,18-20H,3,13H2,1-2H3. The van der Waals surface area contributed by atoms with Gasteiger partial charge in [0.15, 0.2) is 0 Å². The summed E-state index contributed by atoms with van der Waals surface area (Å²) in [4.78, 5) is 0. The third-order valence-corrected chi connectivity index (χ3v) is 3.46. The van der Waals surface area contributed by atoms with E-state index in [9.17, 15) is 5.11 Å². The zero-order valence-electron chi connectivity index (χ0n) is 12.6. The van der Waals surface area contributed by atoms with Crippen LogP contribution in [0.2, 0.25) is 0 Å². The topological polar surface area (TPSA) is 41.5 Å². The van der Waals surface area contributed by atoms with Crippen molar-refractivity contribution in [2.24, 2.45) is 0 Å². The molecule has 0 saturated heterocycles. The van der Waals surface area contributed by atoms with E-state index >= 15 is 0 Å². The Labute approximate surface area is 126 Å². The monoisotopic (exact) mass is 285 g/mol. The van der Waals surface area contributed by atoms with Gasteiger partial charge in [0.2, 0.25) is 0 Å². The van der Waals surface area contributed by atoms with Gasteiger partial charge in [0.25, 0.3) is 0 Å². The predicted molar refractivity (Wildman–Crippen MR) is 85.4 cm³/mol. The van der Waals surface area contributed by atoms with Gasteiger partial charge < -0.3 is 15.2 Å². The van der Waals surface area contributed by atoms with Crippen molar-refractivity contribution < 1.29 is 9.84 Å². The van der Waals surface area contributed by atoms with E-state index in [1.165, 1.54) is 5.56 Å². The number of hydrogen-bond acceptors (Lipinski definition) is 3. The molecule has 0 bridgehead atoms. The molecule has 0 aliphatic carbocycles. The lowest BCUT2D eigenvalue weighted by Gasteiger charge is -2.16. The minimum Gasteiger partial charge on any atom is -0.491 e. The second-order valence-electron chi connectivity index (χ2n) is 5.09. The summed E-state index contributed by atoms with van der Waals surface area (Å²) < 4.78 is 5.71. The number of nitrogens with one attached hydrogen (secondary N) is 1. The summed E-state index contributed by atoms with van der Waals surface area (Å²) in [5, 5.41) is 13.5. The van der Waals surface area contributed by atoms with E-state index in [1.54, 1.807) is 0 Å². The largest absolute Gasteiger partial charge is 0.491 e. The van der Waals surface area contributed by atoms with Gasteiger partial charge in [-0.2, -0.15) is 0 Å². The van der Waals surface area contributed by atoms with E-state index in [2.05, 4.69) is 25.2 Å². The van der Waals surface area contributed by atoms with Gasteiger partial charge >= 0.3 is 0 Å². The smallest absolute Gasteiger partial charge is 0.119 e. The Morgan fingerprint density at radius 3 is 2.48 bits per heavy atom. The van der Waals surface area contributed by atoms with E-state index < -0.39 is 6.10 Å². The highest BCUT2D eigenvalue weighted by molar-refractivity contribution is 5.30. The zero-order valence-corrected chi connectivity index (χ0v) is 12.6. The summed E-state index contributed by atoms with van der Waals surface area (Å²) in [6.07, 6.45) is -0.610. The molecule has 0 aliphatic rings. The first-order chi connectivity index (χ1) is 10.2. The van der Waals surface area contributed by atoms with E-state index in [-0.39, 0.29) is 12.6 Å². The fourth-order valence-corrected chi connectivity index (χ4v) is 2.24. The second kappa shape index (κ2) is 7.81. The van der Waals surface area contributed by atoms with Gasteiger partial charge in [-0.1, -0.05) is 49.4 Å². The molecule has 0 saturated carbocycles. The van der Waals surface area contributed by atoms with E-state index in [0.29, 0.717) is 0 Å². The molecule has 3 heteroatoms. The van der Waals surface area contributed by atoms with Crippen LogP contribution in [0.5, 0.6) is 5.75 Å². The number of benzene rings is 2. The molecule has 0 spiro atoms. The highest BCUT2D eigenvalue weighted by atomic mass is 16.5. The molecule has 3 nitrogen and oxygen atoms in total. The van der Waals surface area contributed by atoms with Crippen LogP contribution in [0.15, 0.2) is 54.6 Å². The Morgan fingerprint density at radius 2 is 1.76 bits per heavy atom. The van der Waals surface area contributed by atoms with Crippen LogP contribution in [0.3, 0.4) is 0 Å². The molecule has 0 aliphatic heterocycles. The lowest BCUT2D eigenvalue weighted by molar-refractivity contribution is 0.108. The van der Waals surface area contributed by atoms with Crippen molar-refractivity contribution in [1.82, 2.24) is 5.32 Å². The average Bonchev–Trinajstić information content (AvgIpc) is 2.54. The number of aliphatic hydroxyl groups excluding tert-OH is 1. The van der Waals surface area contributed by atoms with Gasteiger partial charge in [-0.3, -0.25) is 0 Å². The van der Waals surface area contributed by atoms with Crippen LogP contribution >= 0.6 is 0 Å². The number of ether oxygens (including phenoxy) is 1. The summed E-state index contributed by atoms with van der Waals surface area (Å²) in [6.45, 7) is 5.40. The number of rotatable bonds is 7. The molecule has 21 heavy (non-hydrogen) atoms. The summed E-state index contributed by atoms with van der Waals surface area (Å²) >= 11 is 0. The van der Waals surface area contributed by atoms with E-state index in [4.69, 9.17) is 4.74 Å². The maximum Gasteiger partial charge on any atom is 0.119 e. The lowest BCUT2D eigenvalue weighted by Crippen LogP contribution is -2.17. The minimum atomic E-state index is -0.610. The van der Waals surface area contributed by atoms with Gasteiger partial charge in [-0.15, -0.1) is 0 Å². The summed E-state index contributed by atoms with van der Waals surface area (Å²) in [7, 11) is 0. The van der Waals surface area contributed by atoms with Crippen LogP contribution in [0, 0.1) is 0 Å². The Morgan fingerprint density at radius 1 is 1.05 bits per heavy atom. The maximum atomic E-state index is 10.1. The molecule has 0 amide bonds. The average molecular weight is 285 g/mol. The third kappa shape index (κ3) is 4.59. The molecule has 2 rings (SSSR count). The fraction of sp³-hybridized carbons (Fsp3) is 0.333. The molecule has 2 aromatic rings. The third-order valence-electron chi connectivity index (χ3n) is 3.46. The molecule has 2 N–H and O–H groups in total. The first-order valence-electron chi connectivity index (χ1n) is 7.40. The Kier molecular flexibility index (Phi) is 5.78. The molecule has 2 atom stereocenters. The number of aliphatic hydroxyl groups is 1. The molecule has 2 unspecified atom stereocenters. The highest BCUT2D eigenvalue weighted by Crippen LogP contribution is 2.21. The second-order valence-corrected chi connectivity index (χ2v) is 5.09. The highest BCUT2D eigenvalue weighted by Gasteiger charge is 2.09. The maximum absolute atomic E-state index is 10.1. The van der Waals surface area contributed by atoms with Crippen LogP contribution in [0.1, 0.15) is 37.1 Å². The fourth-order valence-electron chi connectivity index (χ4n) is 2.24. The summed E-state index contributed by atoms with van der Waals surface area (Å²) in [5.74, 6) is 0.784. The van der Waals surface area contributed by atoms with Gasteiger partial charge in [-0.25, -0.2) is 0 Å². The minimum absolute atomic E-state index is 0.253. The summed E-state index contributed by atoms with van der Waals surface area (Å²) in [5.41, 5.74) is 2.05.